The third-order valence-electron chi connectivity index (χ3n) is 4.20. The summed E-state index contributed by atoms with van der Waals surface area (Å²) >= 11 is 0. The molecule has 4 nitrogen and oxygen atoms in total. The van der Waals surface area contributed by atoms with Crippen molar-refractivity contribution in [2.24, 2.45) is 5.92 Å². The fourth-order valence-electron chi connectivity index (χ4n) is 3.37. The van der Waals surface area contributed by atoms with Gasteiger partial charge in [0.05, 0.1) is 11.5 Å². The molecule has 118 valence electrons. The van der Waals surface area contributed by atoms with Crippen LogP contribution in [0.3, 0.4) is 0 Å². The maximum atomic E-state index is 13.1. The Morgan fingerprint density at radius 1 is 1.23 bits per heavy atom. The molecule has 0 amide bonds. The maximum absolute atomic E-state index is 13.1. The van der Waals surface area contributed by atoms with Gasteiger partial charge in [-0.15, -0.1) is 0 Å². The lowest BCUT2D eigenvalue weighted by atomic mass is 9.64. The van der Waals surface area contributed by atoms with Crippen LogP contribution >= 0.6 is 0 Å². The molecule has 22 heavy (non-hydrogen) atoms. The highest BCUT2D eigenvalue weighted by molar-refractivity contribution is 5.97. The van der Waals surface area contributed by atoms with Crippen LogP contribution < -0.4 is 0 Å². The molecule has 1 aromatic rings. The van der Waals surface area contributed by atoms with E-state index in [0.29, 0.717) is 5.56 Å². The predicted molar refractivity (Wildman–Crippen MR) is 78.9 cm³/mol. The van der Waals surface area contributed by atoms with Crippen molar-refractivity contribution in [2.45, 2.75) is 38.7 Å². The van der Waals surface area contributed by atoms with E-state index in [-0.39, 0.29) is 29.3 Å². The van der Waals surface area contributed by atoms with Gasteiger partial charge in [0.25, 0.3) is 0 Å². The van der Waals surface area contributed by atoms with Crippen molar-refractivity contribution in [3.05, 3.63) is 47.0 Å². The first-order valence-corrected chi connectivity index (χ1v) is 7.06. The number of hydrogen-bond donors (Lipinski definition) is 2. The average Bonchev–Trinajstić information content (AvgIpc) is 2.36. The molecule has 0 saturated carbocycles. The smallest absolute Gasteiger partial charge is 0.159 e. The van der Waals surface area contributed by atoms with Crippen LogP contribution in [0, 0.1) is 11.7 Å². The van der Waals surface area contributed by atoms with Gasteiger partial charge in [0.1, 0.15) is 17.4 Å². The molecule has 1 aliphatic carbocycles. The molecular weight excluding hydrogens is 287 g/mol. The Hall–Kier alpha value is -2.01. The van der Waals surface area contributed by atoms with Crippen molar-refractivity contribution in [1.82, 2.24) is 0 Å². The van der Waals surface area contributed by atoms with Crippen LogP contribution in [-0.4, -0.2) is 27.4 Å². The molecule has 0 bridgehead atoms. The van der Waals surface area contributed by atoms with E-state index >= 15 is 0 Å². The van der Waals surface area contributed by atoms with Crippen molar-refractivity contribution in [3.63, 3.8) is 0 Å². The van der Waals surface area contributed by atoms with Gasteiger partial charge in [-0.25, -0.2) is 4.39 Å². The number of carbonyl (C=O) groups excluding carboxylic acids is 2. The van der Waals surface area contributed by atoms with Crippen LogP contribution in [0.4, 0.5) is 4.39 Å². The first-order chi connectivity index (χ1) is 10.1. The monoisotopic (exact) mass is 306 g/mol. The number of benzene rings is 1. The normalized spacial score (nSPS) is 28.6. The van der Waals surface area contributed by atoms with Gasteiger partial charge >= 0.3 is 0 Å². The molecule has 1 aliphatic rings. The van der Waals surface area contributed by atoms with Crippen molar-refractivity contribution >= 4 is 11.6 Å². The van der Waals surface area contributed by atoms with Crippen molar-refractivity contribution in [2.75, 3.05) is 0 Å². The minimum Gasteiger partial charge on any atom is -0.512 e. The summed E-state index contributed by atoms with van der Waals surface area (Å²) in [5.74, 6) is -2.99. The first kappa shape index (κ1) is 16.4. The Bertz CT molecular complexity index is 643. The van der Waals surface area contributed by atoms with E-state index in [1.807, 2.05) is 0 Å². The second kappa shape index (κ2) is 5.65. The third kappa shape index (κ3) is 2.81. The van der Waals surface area contributed by atoms with E-state index in [0.717, 1.165) is 0 Å². The molecule has 2 rings (SSSR count). The molecular formula is C17H19FO4. The van der Waals surface area contributed by atoms with Gasteiger partial charge < -0.3 is 10.2 Å². The SMILES string of the molecule is CC(=O)C1=C(O)C[C@](C)(O)[C@@H](C(C)=O)[C@@H]1c1ccc(F)cc1. The number of rotatable bonds is 3. The van der Waals surface area contributed by atoms with Gasteiger partial charge in [0.15, 0.2) is 5.78 Å². The largest absolute Gasteiger partial charge is 0.512 e. The highest BCUT2D eigenvalue weighted by Gasteiger charge is 2.49. The molecule has 0 aliphatic heterocycles. The molecule has 2 N–H and O–H groups in total. The molecule has 0 heterocycles. The average molecular weight is 306 g/mol. The predicted octanol–water partition coefficient (Wildman–Crippen LogP) is 2.67. The Labute approximate surface area is 128 Å². The molecule has 0 radical (unpaired) electrons. The summed E-state index contributed by atoms with van der Waals surface area (Å²) in [4.78, 5) is 24.0. The van der Waals surface area contributed by atoms with E-state index in [1.165, 1.54) is 45.0 Å². The standard InChI is InChI=1S/C17H19FO4/c1-9(19)14-13(21)8-17(3,22)16(10(2)20)15(14)11-4-6-12(18)7-5-11/h4-7,15-16,21-22H,8H2,1-3H3/t15-,16+,17+/m1/s1. The van der Waals surface area contributed by atoms with E-state index in [4.69, 9.17) is 0 Å². The Morgan fingerprint density at radius 2 is 1.77 bits per heavy atom. The van der Waals surface area contributed by atoms with Gasteiger partial charge in [-0.1, -0.05) is 12.1 Å². The Balaban J connectivity index is 2.69. The highest BCUT2D eigenvalue weighted by Crippen LogP contribution is 2.46. The van der Waals surface area contributed by atoms with Crippen LogP contribution in [0.5, 0.6) is 0 Å². The summed E-state index contributed by atoms with van der Waals surface area (Å²) in [6.45, 7) is 4.11. The molecule has 0 saturated heterocycles. The summed E-state index contributed by atoms with van der Waals surface area (Å²) in [6.07, 6.45) is -0.163. The summed E-state index contributed by atoms with van der Waals surface area (Å²) in [7, 11) is 0. The van der Waals surface area contributed by atoms with E-state index in [9.17, 15) is 24.2 Å². The van der Waals surface area contributed by atoms with Crippen LogP contribution in [-0.2, 0) is 9.59 Å². The van der Waals surface area contributed by atoms with E-state index in [1.54, 1.807) is 0 Å². The van der Waals surface area contributed by atoms with Gasteiger partial charge in [-0.05, 0) is 38.5 Å². The van der Waals surface area contributed by atoms with Crippen molar-refractivity contribution < 1.29 is 24.2 Å². The highest BCUT2D eigenvalue weighted by atomic mass is 19.1. The number of ketones is 2. The first-order valence-electron chi connectivity index (χ1n) is 7.06. The fourth-order valence-corrected chi connectivity index (χ4v) is 3.37. The Kier molecular flexibility index (Phi) is 4.20. The zero-order valence-corrected chi connectivity index (χ0v) is 12.8. The van der Waals surface area contributed by atoms with Gasteiger partial charge in [0, 0.05) is 17.9 Å². The van der Waals surface area contributed by atoms with Crippen molar-refractivity contribution in [3.8, 4) is 0 Å². The number of hydrogen-bond acceptors (Lipinski definition) is 4. The fraction of sp³-hybridized carbons (Fsp3) is 0.412. The zero-order chi connectivity index (χ0) is 16.7. The molecule has 1 aromatic carbocycles. The number of allylic oxidation sites excluding steroid dienone is 1. The maximum Gasteiger partial charge on any atom is 0.159 e. The van der Waals surface area contributed by atoms with Gasteiger partial charge in [-0.2, -0.15) is 0 Å². The molecule has 3 atom stereocenters. The lowest BCUT2D eigenvalue weighted by Gasteiger charge is -2.41. The number of carbonyl (C=O) groups is 2. The van der Waals surface area contributed by atoms with E-state index < -0.39 is 23.3 Å². The molecule has 0 spiro atoms. The van der Waals surface area contributed by atoms with E-state index in [2.05, 4.69) is 0 Å². The van der Waals surface area contributed by atoms with Crippen LogP contribution in [0.1, 0.15) is 38.7 Å². The van der Waals surface area contributed by atoms with Crippen LogP contribution in [0.2, 0.25) is 0 Å². The second-order valence-electron chi connectivity index (χ2n) is 6.07. The lowest BCUT2D eigenvalue weighted by molar-refractivity contribution is -0.132. The number of aliphatic hydroxyl groups excluding tert-OH is 1. The van der Waals surface area contributed by atoms with Crippen LogP contribution in [0.15, 0.2) is 35.6 Å². The van der Waals surface area contributed by atoms with Crippen molar-refractivity contribution in [1.29, 1.82) is 0 Å². The minimum atomic E-state index is -1.48. The summed E-state index contributed by atoms with van der Waals surface area (Å²) in [5, 5.41) is 20.7. The molecule has 5 heteroatoms. The third-order valence-corrected chi connectivity index (χ3v) is 4.20. The summed E-state index contributed by atoms with van der Waals surface area (Å²) in [6, 6.07) is 5.39. The number of halogens is 1. The van der Waals surface area contributed by atoms with Gasteiger partial charge in [0.2, 0.25) is 0 Å². The summed E-state index contributed by atoms with van der Waals surface area (Å²) in [5.41, 5.74) is -0.856. The number of Topliss-reactive ketones (excluding diaryl/α,β-unsaturated/α-hetero) is 2. The number of aliphatic hydroxyl groups is 2. The molecule has 0 fully saturated rings. The zero-order valence-electron chi connectivity index (χ0n) is 12.8. The lowest BCUT2D eigenvalue weighted by Crippen LogP contribution is -2.47. The second-order valence-corrected chi connectivity index (χ2v) is 6.07. The van der Waals surface area contributed by atoms with Gasteiger partial charge in [-0.3, -0.25) is 9.59 Å². The topological polar surface area (TPSA) is 74.6 Å². The van der Waals surface area contributed by atoms with Crippen LogP contribution in [0.25, 0.3) is 0 Å². The molecule has 0 unspecified atom stereocenters. The minimum absolute atomic E-state index is 0.110. The molecule has 0 aromatic heterocycles. The Morgan fingerprint density at radius 3 is 2.23 bits per heavy atom. The summed E-state index contributed by atoms with van der Waals surface area (Å²) < 4.78 is 13.1. The quantitative estimate of drug-likeness (QED) is 0.900.